The highest BCUT2D eigenvalue weighted by molar-refractivity contribution is 6.30. The highest BCUT2D eigenvalue weighted by Gasteiger charge is 2.30. The standard InChI is InChI=1S/C18H19ClO4/c1-18(2,17(20)21-3)23-16-10-8-15(9-11-16)22-12-13-4-6-14(19)7-5-13/h4-11H,12H2,1-3H3. The first kappa shape index (κ1) is 17.2. The van der Waals surface area contributed by atoms with E-state index in [1.807, 2.05) is 24.3 Å². The van der Waals surface area contributed by atoms with Crippen LogP contribution in [0.1, 0.15) is 19.4 Å². The lowest BCUT2D eigenvalue weighted by atomic mass is 10.1. The number of hydrogen-bond acceptors (Lipinski definition) is 4. The summed E-state index contributed by atoms with van der Waals surface area (Å²) in [7, 11) is 1.33. The molecule has 0 aliphatic heterocycles. The largest absolute Gasteiger partial charge is 0.489 e. The van der Waals surface area contributed by atoms with Gasteiger partial charge in [-0.2, -0.15) is 0 Å². The third kappa shape index (κ3) is 4.89. The maximum Gasteiger partial charge on any atom is 0.349 e. The third-order valence-electron chi connectivity index (χ3n) is 3.19. The minimum Gasteiger partial charge on any atom is -0.489 e. The summed E-state index contributed by atoms with van der Waals surface area (Å²) in [6.45, 7) is 3.76. The fourth-order valence-electron chi connectivity index (χ4n) is 1.93. The van der Waals surface area contributed by atoms with Crippen LogP contribution in [0.2, 0.25) is 5.02 Å². The van der Waals surface area contributed by atoms with Crippen molar-refractivity contribution in [3.05, 3.63) is 59.1 Å². The Bertz CT molecular complexity index is 648. The molecule has 0 heterocycles. The first-order valence-electron chi connectivity index (χ1n) is 7.15. The molecule has 122 valence electrons. The Labute approximate surface area is 140 Å². The van der Waals surface area contributed by atoms with Crippen LogP contribution in [0.5, 0.6) is 11.5 Å². The van der Waals surface area contributed by atoms with Gasteiger partial charge < -0.3 is 14.2 Å². The molecule has 0 saturated heterocycles. The minimum atomic E-state index is -1.04. The van der Waals surface area contributed by atoms with Crippen LogP contribution in [0.15, 0.2) is 48.5 Å². The van der Waals surface area contributed by atoms with Gasteiger partial charge in [-0.05, 0) is 55.8 Å². The van der Waals surface area contributed by atoms with Gasteiger partial charge in [-0.25, -0.2) is 4.79 Å². The van der Waals surface area contributed by atoms with Crippen LogP contribution in [-0.4, -0.2) is 18.7 Å². The third-order valence-corrected chi connectivity index (χ3v) is 3.44. The van der Waals surface area contributed by atoms with Crippen molar-refractivity contribution in [1.29, 1.82) is 0 Å². The number of carbonyl (C=O) groups excluding carboxylic acids is 1. The Hall–Kier alpha value is -2.20. The van der Waals surface area contributed by atoms with Crippen molar-refractivity contribution in [3.8, 4) is 11.5 Å². The quantitative estimate of drug-likeness (QED) is 0.741. The van der Waals surface area contributed by atoms with Crippen LogP contribution in [0.3, 0.4) is 0 Å². The van der Waals surface area contributed by atoms with Crippen molar-refractivity contribution >= 4 is 17.6 Å². The van der Waals surface area contributed by atoms with Gasteiger partial charge in [0.1, 0.15) is 18.1 Å². The number of benzene rings is 2. The molecule has 0 amide bonds. The highest BCUT2D eigenvalue weighted by Crippen LogP contribution is 2.23. The average Bonchev–Trinajstić information content (AvgIpc) is 2.54. The Morgan fingerprint density at radius 3 is 2.13 bits per heavy atom. The summed E-state index contributed by atoms with van der Waals surface area (Å²) >= 11 is 5.84. The summed E-state index contributed by atoms with van der Waals surface area (Å²) in [6, 6.07) is 14.6. The van der Waals surface area contributed by atoms with E-state index in [1.54, 1.807) is 38.1 Å². The molecule has 0 radical (unpaired) electrons. The number of hydrogen-bond donors (Lipinski definition) is 0. The number of carbonyl (C=O) groups is 1. The van der Waals surface area contributed by atoms with Gasteiger partial charge in [-0.3, -0.25) is 0 Å². The highest BCUT2D eigenvalue weighted by atomic mass is 35.5. The molecule has 0 aliphatic rings. The number of rotatable bonds is 6. The van der Waals surface area contributed by atoms with E-state index in [9.17, 15) is 4.79 Å². The van der Waals surface area contributed by atoms with Gasteiger partial charge in [0.25, 0.3) is 0 Å². The smallest absolute Gasteiger partial charge is 0.349 e. The predicted octanol–water partition coefficient (Wildman–Crippen LogP) is 4.25. The molecule has 0 bridgehead atoms. The summed E-state index contributed by atoms with van der Waals surface area (Å²) in [5, 5.41) is 0.698. The van der Waals surface area contributed by atoms with E-state index in [0.717, 1.165) is 5.56 Å². The van der Waals surface area contributed by atoms with Crippen LogP contribution in [0, 0.1) is 0 Å². The molecule has 2 rings (SSSR count). The molecule has 2 aromatic rings. The number of esters is 1. The topological polar surface area (TPSA) is 44.8 Å². The Balaban J connectivity index is 1.94. The van der Waals surface area contributed by atoms with E-state index in [1.165, 1.54) is 7.11 Å². The molecular formula is C18H19ClO4. The van der Waals surface area contributed by atoms with Crippen molar-refractivity contribution in [2.75, 3.05) is 7.11 Å². The van der Waals surface area contributed by atoms with Gasteiger partial charge >= 0.3 is 5.97 Å². The average molecular weight is 335 g/mol. The Morgan fingerprint density at radius 2 is 1.57 bits per heavy atom. The molecule has 0 spiro atoms. The fourth-order valence-corrected chi connectivity index (χ4v) is 2.06. The summed E-state index contributed by atoms with van der Waals surface area (Å²) in [6.07, 6.45) is 0. The van der Waals surface area contributed by atoms with E-state index in [2.05, 4.69) is 0 Å². The van der Waals surface area contributed by atoms with Crippen molar-refractivity contribution in [2.24, 2.45) is 0 Å². The first-order valence-corrected chi connectivity index (χ1v) is 7.53. The summed E-state index contributed by atoms with van der Waals surface area (Å²) in [4.78, 5) is 11.6. The van der Waals surface area contributed by atoms with Crippen molar-refractivity contribution < 1.29 is 19.0 Å². The maximum absolute atomic E-state index is 11.6. The first-order chi connectivity index (χ1) is 10.9. The van der Waals surface area contributed by atoms with Gasteiger partial charge in [-0.1, -0.05) is 23.7 Å². The normalized spacial score (nSPS) is 11.0. The molecule has 0 unspecified atom stereocenters. The van der Waals surface area contributed by atoms with Crippen LogP contribution < -0.4 is 9.47 Å². The molecule has 0 saturated carbocycles. The van der Waals surface area contributed by atoms with Gasteiger partial charge in [-0.15, -0.1) is 0 Å². The molecule has 0 N–H and O–H groups in total. The van der Waals surface area contributed by atoms with Crippen LogP contribution >= 0.6 is 11.6 Å². The molecule has 0 fully saturated rings. The van der Waals surface area contributed by atoms with Crippen molar-refractivity contribution in [2.45, 2.75) is 26.1 Å². The van der Waals surface area contributed by atoms with Crippen LogP contribution in [-0.2, 0) is 16.1 Å². The molecule has 0 aliphatic carbocycles. The zero-order valence-corrected chi connectivity index (χ0v) is 14.1. The second-order valence-corrected chi connectivity index (χ2v) is 5.93. The summed E-state index contributed by atoms with van der Waals surface area (Å²) in [5.41, 5.74) is -0.0120. The maximum atomic E-state index is 11.6. The molecular weight excluding hydrogens is 316 g/mol. The Morgan fingerprint density at radius 1 is 1.00 bits per heavy atom. The molecule has 0 aromatic heterocycles. The predicted molar refractivity (Wildman–Crippen MR) is 88.9 cm³/mol. The lowest BCUT2D eigenvalue weighted by molar-refractivity contribution is -0.156. The number of methoxy groups -OCH3 is 1. The van der Waals surface area contributed by atoms with Crippen molar-refractivity contribution in [3.63, 3.8) is 0 Å². The second kappa shape index (κ2) is 7.38. The van der Waals surface area contributed by atoms with E-state index >= 15 is 0 Å². The van der Waals surface area contributed by atoms with Crippen LogP contribution in [0.25, 0.3) is 0 Å². The zero-order chi connectivity index (χ0) is 16.9. The van der Waals surface area contributed by atoms with E-state index in [-0.39, 0.29) is 0 Å². The van der Waals surface area contributed by atoms with Gasteiger partial charge in [0, 0.05) is 5.02 Å². The zero-order valence-electron chi connectivity index (χ0n) is 13.3. The molecule has 2 aromatic carbocycles. The second-order valence-electron chi connectivity index (χ2n) is 5.49. The lowest BCUT2D eigenvalue weighted by Gasteiger charge is -2.23. The monoisotopic (exact) mass is 334 g/mol. The van der Waals surface area contributed by atoms with E-state index < -0.39 is 11.6 Å². The molecule has 23 heavy (non-hydrogen) atoms. The molecule has 5 heteroatoms. The van der Waals surface area contributed by atoms with E-state index in [0.29, 0.717) is 23.1 Å². The summed E-state index contributed by atoms with van der Waals surface area (Å²) < 4.78 is 16.0. The fraction of sp³-hybridized carbons (Fsp3) is 0.278. The van der Waals surface area contributed by atoms with Gasteiger partial charge in [0.05, 0.1) is 7.11 Å². The Kier molecular flexibility index (Phi) is 5.50. The SMILES string of the molecule is COC(=O)C(C)(C)Oc1ccc(OCc2ccc(Cl)cc2)cc1. The lowest BCUT2D eigenvalue weighted by Crippen LogP contribution is -2.39. The number of ether oxygens (including phenoxy) is 3. The van der Waals surface area contributed by atoms with Gasteiger partial charge in [0.2, 0.25) is 0 Å². The van der Waals surface area contributed by atoms with Crippen LogP contribution in [0.4, 0.5) is 0 Å². The summed E-state index contributed by atoms with van der Waals surface area (Å²) in [5.74, 6) is 0.850. The molecule has 4 nitrogen and oxygen atoms in total. The van der Waals surface area contributed by atoms with Crippen molar-refractivity contribution in [1.82, 2.24) is 0 Å². The number of halogens is 1. The minimum absolute atomic E-state index is 0.430. The molecule has 0 atom stereocenters. The van der Waals surface area contributed by atoms with E-state index in [4.69, 9.17) is 25.8 Å². The van der Waals surface area contributed by atoms with Gasteiger partial charge in [0.15, 0.2) is 5.60 Å².